The molecule has 0 aliphatic heterocycles. The van der Waals surface area contributed by atoms with Crippen LogP contribution < -0.4 is 0 Å². The summed E-state index contributed by atoms with van der Waals surface area (Å²) in [7, 11) is 0. The molecule has 0 radical (unpaired) electrons. The number of carbonyl (C=O) groups excluding carboxylic acids is 2. The molecule has 0 fully saturated rings. The zero-order chi connectivity index (χ0) is 7.11. The topological polar surface area (TPSA) is 43.4 Å². The van der Waals surface area contributed by atoms with Crippen LogP contribution in [0.3, 0.4) is 0 Å². The molecule has 0 aromatic carbocycles. The van der Waals surface area contributed by atoms with Crippen molar-refractivity contribution in [3.63, 3.8) is 0 Å². The van der Waals surface area contributed by atoms with Crippen LogP contribution >= 0.6 is 0 Å². The highest BCUT2D eigenvalue weighted by atomic mass is 16.5. The fourth-order valence-electron chi connectivity index (χ4n) is 0.350. The lowest BCUT2D eigenvalue weighted by atomic mass is 10.4. The molecule has 0 atom stereocenters. The Hall–Kier alpha value is -1.12. The molecule has 0 amide bonds. The van der Waals surface area contributed by atoms with Crippen molar-refractivity contribution in [2.45, 2.75) is 6.92 Å². The first kappa shape index (κ1) is 7.88. The van der Waals surface area contributed by atoms with Crippen LogP contribution in [-0.2, 0) is 14.3 Å². The molecule has 0 saturated carbocycles. The van der Waals surface area contributed by atoms with Crippen molar-refractivity contribution in [2.75, 3.05) is 6.61 Å². The lowest BCUT2D eigenvalue weighted by Gasteiger charge is -1.89. The van der Waals surface area contributed by atoms with Gasteiger partial charge in [0.15, 0.2) is 12.4 Å². The van der Waals surface area contributed by atoms with E-state index in [0.29, 0.717) is 0 Å². The van der Waals surface area contributed by atoms with Crippen LogP contribution in [0.25, 0.3) is 0 Å². The highest BCUT2D eigenvalue weighted by Gasteiger charge is 1.92. The second-order valence-electron chi connectivity index (χ2n) is 1.37. The zero-order valence-electron chi connectivity index (χ0n) is 5.16. The Bertz CT molecular complexity index is 126. The maximum atomic E-state index is 10.4. The van der Waals surface area contributed by atoms with Gasteiger partial charge in [-0.25, -0.2) is 0 Å². The number of ketones is 1. The molecular formula is C6H8O3. The third-order valence-electron chi connectivity index (χ3n) is 0.646. The molecule has 0 saturated heterocycles. The predicted octanol–water partition coefficient (Wildman–Crippen LogP) is 0.305. The van der Waals surface area contributed by atoms with E-state index in [-0.39, 0.29) is 18.9 Å². The Labute approximate surface area is 53.3 Å². The number of rotatable bonds is 4. The highest BCUT2D eigenvalue weighted by Crippen LogP contribution is 1.76. The highest BCUT2D eigenvalue weighted by molar-refractivity contribution is 5.91. The van der Waals surface area contributed by atoms with E-state index in [1.165, 1.54) is 6.08 Å². The van der Waals surface area contributed by atoms with Gasteiger partial charge in [0, 0.05) is 0 Å². The first-order valence-corrected chi connectivity index (χ1v) is 2.52. The van der Waals surface area contributed by atoms with E-state index >= 15 is 0 Å². The van der Waals surface area contributed by atoms with Crippen molar-refractivity contribution >= 4 is 12.3 Å². The largest absolute Gasteiger partial charge is 0.460 e. The van der Waals surface area contributed by atoms with Crippen LogP contribution in [0.5, 0.6) is 0 Å². The summed E-state index contributed by atoms with van der Waals surface area (Å²) >= 11 is 0. The van der Waals surface area contributed by atoms with Crippen molar-refractivity contribution < 1.29 is 14.3 Å². The van der Waals surface area contributed by atoms with Gasteiger partial charge in [-0.3, -0.25) is 9.59 Å². The van der Waals surface area contributed by atoms with Crippen LogP contribution in [0, 0.1) is 0 Å². The third kappa shape index (κ3) is 4.74. The lowest BCUT2D eigenvalue weighted by Crippen LogP contribution is -2.03. The number of hydrogen-bond donors (Lipinski definition) is 0. The minimum absolute atomic E-state index is 0.159. The van der Waals surface area contributed by atoms with E-state index in [4.69, 9.17) is 0 Å². The quantitative estimate of drug-likeness (QED) is 0.404. The van der Waals surface area contributed by atoms with Gasteiger partial charge < -0.3 is 4.74 Å². The van der Waals surface area contributed by atoms with Gasteiger partial charge in [-0.1, -0.05) is 6.08 Å². The normalized spacial score (nSPS) is 9.44. The van der Waals surface area contributed by atoms with Crippen LogP contribution in [-0.4, -0.2) is 18.9 Å². The first-order valence-electron chi connectivity index (χ1n) is 2.52. The van der Waals surface area contributed by atoms with E-state index < -0.39 is 0 Å². The zero-order valence-corrected chi connectivity index (χ0v) is 5.16. The molecule has 0 aliphatic rings. The van der Waals surface area contributed by atoms with Gasteiger partial charge in [0.25, 0.3) is 6.47 Å². The summed E-state index contributed by atoms with van der Waals surface area (Å²) < 4.78 is 4.17. The molecule has 3 nitrogen and oxygen atoms in total. The van der Waals surface area contributed by atoms with E-state index in [2.05, 4.69) is 4.74 Å². The summed E-state index contributed by atoms with van der Waals surface area (Å²) in [4.78, 5) is 19.9. The van der Waals surface area contributed by atoms with E-state index in [1.54, 1.807) is 13.0 Å². The summed E-state index contributed by atoms with van der Waals surface area (Å²) in [6.45, 7) is 1.81. The molecule has 0 aliphatic carbocycles. The Morgan fingerprint density at radius 3 is 2.78 bits per heavy atom. The summed E-state index contributed by atoms with van der Waals surface area (Å²) in [5.41, 5.74) is 0. The molecule has 0 heterocycles. The van der Waals surface area contributed by atoms with Crippen molar-refractivity contribution in [1.82, 2.24) is 0 Å². The second-order valence-corrected chi connectivity index (χ2v) is 1.37. The van der Waals surface area contributed by atoms with Gasteiger partial charge in [0.05, 0.1) is 0 Å². The second kappa shape index (κ2) is 5.03. The molecule has 50 valence electrons. The van der Waals surface area contributed by atoms with Gasteiger partial charge in [0.2, 0.25) is 0 Å². The SMILES string of the molecule is C/C=C/C(=O)COC=O. The van der Waals surface area contributed by atoms with E-state index in [0.717, 1.165) is 0 Å². The number of hydrogen-bond acceptors (Lipinski definition) is 3. The molecule has 0 N–H and O–H groups in total. The third-order valence-corrected chi connectivity index (χ3v) is 0.646. The predicted molar refractivity (Wildman–Crippen MR) is 31.8 cm³/mol. The van der Waals surface area contributed by atoms with Gasteiger partial charge >= 0.3 is 0 Å². The standard InChI is InChI=1S/C6H8O3/c1-2-3-6(8)4-9-5-7/h2-3,5H,4H2,1H3/b3-2+. The maximum Gasteiger partial charge on any atom is 0.293 e. The lowest BCUT2D eigenvalue weighted by molar-refractivity contribution is -0.134. The minimum Gasteiger partial charge on any atom is -0.460 e. The fraction of sp³-hybridized carbons (Fsp3) is 0.333. The van der Waals surface area contributed by atoms with Crippen LogP contribution in [0.4, 0.5) is 0 Å². The molecule has 0 aromatic heterocycles. The van der Waals surface area contributed by atoms with E-state index in [9.17, 15) is 9.59 Å². The summed E-state index contributed by atoms with van der Waals surface area (Å²) in [6.07, 6.45) is 2.94. The Kier molecular flexibility index (Phi) is 4.40. The Morgan fingerprint density at radius 1 is 1.67 bits per heavy atom. The maximum absolute atomic E-state index is 10.4. The van der Waals surface area contributed by atoms with Crippen LogP contribution in [0.2, 0.25) is 0 Å². The first-order chi connectivity index (χ1) is 4.31. The smallest absolute Gasteiger partial charge is 0.293 e. The van der Waals surface area contributed by atoms with Crippen molar-refractivity contribution in [1.29, 1.82) is 0 Å². The molecule has 0 aromatic rings. The van der Waals surface area contributed by atoms with Crippen molar-refractivity contribution in [3.8, 4) is 0 Å². The van der Waals surface area contributed by atoms with Gasteiger partial charge in [-0.15, -0.1) is 0 Å². The van der Waals surface area contributed by atoms with Crippen molar-refractivity contribution in [3.05, 3.63) is 12.2 Å². The molecular weight excluding hydrogens is 120 g/mol. The monoisotopic (exact) mass is 128 g/mol. The van der Waals surface area contributed by atoms with Crippen LogP contribution in [0.1, 0.15) is 6.92 Å². The number of carbonyl (C=O) groups is 2. The molecule has 0 unspecified atom stereocenters. The summed E-state index contributed by atoms with van der Waals surface area (Å²) in [6, 6.07) is 0. The number of allylic oxidation sites excluding steroid dienone is 1. The molecule has 3 heteroatoms. The fourth-order valence-corrected chi connectivity index (χ4v) is 0.350. The van der Waals surface area contributed by atoms with E-state index in [1.807, 2.05) is 0 Å². The Morgan fingerprint density at radius 2 is 2.33 bits per heavy atom. The summed E-state index contributed by atoms with van der Waals surface area (Å²) in [5.74, 6) is -0.204. The van der Waals surface area contributed by atoms with Gasteiger partial charge in [-0.05, 0) is 13.0 Å². The minimum atomic E-state index is -0.204. The van der Waals surface area contributed by atoms with Gasteiger partial charge in [0.1, 0.15) is 0 Å². The molecule has 9 heavy (non-hydrogen) atoms. The van der Waals surface area contributed by atoms with Crippen molar-refractivity contribution in [2.24, 2.45) is 0 Å². The Balaban J connectivity index is 3.38. The molecule has 0 rings (SSSR count). The van der Waals surface area contributed by atoms with Gasteiger partial charge in [-0.2, -0.15) is 0 Å². The molecule has 0 spiro atoms. The summed E-state index contributed by atoms with van der Waals surface area (Å²) in [5, 5.41) is 0. The van der Waals surface area contributed by atoms with Crippen LogP contribution in [0.15, 0.2) is 12.2 Å². The average molecular weight is 128 g/mol. The molecule has 0 bridgehead atoms. The average Bonchev–Trinajstić information content (AvgIpc) is 1.85. The number of ether oxygens (including phenoxy) is 1.